The number of hydrogen-bond donors (Lipinski definition) is 1. The average Bonchev–Trinajstić information content (AvgIpc) is 3.56. The van der Waals surface area contributed by atoms with Gasteiger partial charge in [-0.1, -0.05) is 65.7 Å². The van der Waals surface area contributed by atoms with Crippen molar-refractivity contribution >= 4 is 23.2 Å². The van der Waals surface area contributed by atoms with Gasteiger partial charge in [-0.3, -0.25) is 9.80 Å². The zero-order valence-electron chi connectivity index (χ0n) is 19.6. The summed E-state index contributed by atoms with van der Waals surface area (Å²) in [7, 11) is 0. The molecule has 0 spiro atoms. The largest absolute Gasteiger partial charge is 0.392 e. The van der Waals surface area contributed by atoms with Gasteiger partial charge in [0.1, 0.15) is 0 Å². The molecule has 3 nitrogen and oxygen atoms in total. The van der Waals surface area contributed by atoms with E-state index in [2.05, 4.69) is 46.2 Å². The van der Waals surface area contributed by atoms with Crippen molar-refractivity contribution in [2.24, 2.45) is 0 Å². The molecule has 0 aliphatic carbocycles. The molecule has 0 amide bonds. The molecule has 1 N–H and O–H groups in total. The van der Waals surface area contributed by atoms with Gasteiger partial charge in [-0.15, -0.1) is 0 Å². The van der Waals surface area contributed by atoms with E-state index in [1.807, 2.05) is 18.2 Å². The molecule has 5 rings (SSSR count). The Morgan fingerprint density at radius 1 is 0.647 bits per heavy atom. The molecule has 0 unspecified atom stereocenters. The zero-order valence-corrected chi connectivity index (χ0v) is 21.1. The quantitative estimate of drug-likeness (QED) is 0.382. The molecule has 2 heterocycles. The van der Waals surface area contributed by atoms with Gasteiger partial charge in [0.15, 0.2) is 0 Å². The Kier molecular flexibility index (Phi) is 7.58. The maximum atomic E-state index is 10.2. The lowest BCUT2D eigenvalue weighted by Gasteiger charge is -2.19. The Morgan fingerprint density at radius 2 is 1.18 bits per heavy atom. The van der Waals surface area contributed by atoms with Crippen molar-refractivity contribution < 1.29 is 5.11 Å². The van der Waals surface area contributed by atoms with E-state index < -0.39 is 0 Å². The Hall–Kier alpha value is -1.88. The average molecular weight is 495 g/mol. The van der Waals surface area contributed by atoms with Gasteiger partial charge in [0, 0.05) is 23.1 Å². The van der Waals surface area contributed by atoms with Crippen molar-refractivity contribution in [1.29, 1.82) is 0 Å². The fourth-order valence-electron chi connectivity index (χ4n) is 5.35. The highest BCUT2D eigenvalue weighted by molar-refractivity contribution is 6.32. The second-order valence-corrected chi connectivity index (χ2v) is 10.4. The van der Waals surface area contributed by atoms with Gasteiger partial charge in [0.05, 0.1) is 6.61 Å². The molecule has 0 atom stereocenters. The summed E-state index contributed by atoms with van der Waals surface area (Å²) in [5.74, 6) is 0. The Bertz CT molecular complexity index is 1150. The van der Waals surface area contributed by atoms with Gasteiger partial charge < -0.3 is 5.11 Å². The van der Waals surface area contributed by atoms with Gasteiger partial charge in [0.2, 0.25) is 0 Å². The number of aliphatic hydroxyl groups is 1. The first kappa shape index (κ1) is 23.8. The van der Waals surface area contributed by atoms with E-state index in [0.717, 1.165) is 82.7 Å². The summed E-state index contributed by atoms with van der Waals surface area (Å²) in [4.78, 5) is 4.92. The molecule has 2 saturated heterocycles. The maximum absolute atomic E-state index is 10.2. The molecule has 0 radical (unpaired) electrons. The summed E-state index contributed by atoms with van der Waals surface area (Å²) in [6.07, 6.45) is 5.07. The first-order valence-electron chi connectivity index (χ1n) is 12.4. The number of aliphatic hydroxyl groups excluding tert-OH is 1. The summed E-state index contributed by atoms with van der Waals surface area (Å²) in [5.41, 5.74) is 7.36. The molecule has 34 heavy (non-hydrogen) atoms. The summed E-state index contributed by atoms with van der Waals surface area (Å²) in [6, 6.07) is 18.8. The van der Waals surface area contributed by atoms with Gasteiger partial charge in [-0.2, -0.15) is 0 Å². The monoisotopic (exact) mass is 494 g/mol. The van der Waals surface area contributed by atoms with Crippen molar-refractivity contribution in [3.63, 3.8) is 0 Å². The predicted molar refractivity (Wildman–Crippen MR) is 142 cm³/mol. The Labute approximate surface area is 212 Å². The van der Waals surface area contributed by atoms with Crippen molar-refractivity contribution in [3.8, 4) is 22.3 Å². The minimum absolute atomic E-state index is 0.0307. The SMILES string of the molecule is OCc1cccc(-c2ccc(CN3CCCC3)c(Cl)c2)c1-c1ccc(CN2CCCC2)c(Cl)c1. The Morgan fingerprint density at radius 3 is 1.71 bits per heavy atom. The molecule has 2 aliphatic rings. The second-order valence-electron chi connectivity index (χ2n) is 9.58. The lowest BCUT2D eigenvalue weighted by molar-refractivity contribution is 0.282. The fraction of sp³-hybridized carbons (Fsp3) is 0.379. The third-order valence-corrected chi connectivity index (χ3v) is 7.92. The standard InChI is InChI=1S/C29H32Cl2N2O/c30-27-16-21(8-10-23(27)18-32-12-1-2-13-32)26-7-5-6-25(20-34)29(26)22-9-11-24(28(31)17-22)19-33-14-3-4-15-33/h5-11,16-17,34H,1-4,12-15,18-20H2. The van der Waals surface area contributed by atoms with Crippen LogP contribution in [0.4, 0.5) is 0 Å². The van der Waals surface area contributed by atoms with E-state index in [0.29, 0.717) is 0 Å². The lowest BCUT2D eigenvalue weighted by atomic mass is 9.90. The van der Waals surface area contributed by atoms with E-state index >= 15 is 0 Å². The van der Waals surface area contributed by atoms with Crippen molar-refractivity contribution in [2.45, 2.75) is 45.4 Å². The van der Waals surface area contributed by atoms with E-state index in [1.165, 1.54) is 31.2 Å². The van der Waals surface area contributed by atoms with E-state index in [9.17, 15) is 5.11 Å². The lowest BCUT2D eigenvalue weighted by Crippen LogP contribution is -2.18. The molecule has 3 aromatic rings. The first-order valence-corrected chi connectivity index (χ1v) is 13.1. The van der Waals surface area contributed by atoms with Crippen LogP contribution in [0.2, 0.25) is 10.0 Å². The molecular weight excluding hydrogens is 463 g/mol. The smallest absolute Gasteiger partial charge is 0.0688 e. The molecule has 2 aliphatic heterocycles. The number of halogens is 2. The minimum Gasteiger partial charge on any atom is -0.392 e. The van der Waals surface area contributed by atoms with Crippen LogP contribution < -0.4 is 0 Å². The normalized spacial score (nSPS) is 17.0. The number of benzene rings is 3. The zero-order chi connectivity index (χ0) is 23.5. The molecule has 5 heteroatoms. The van der Waals surface area contributed by atoms with E-state index in [4.69, 9.17) is 23.2 Å². The molecule has 0 saturated carbocycles. The van der Waals surface area contributed by atoms with Gasteiger partial charge in [-0.05, 0) is 103 Å². The number of likely N-dealkylation sites (tertiary alicyclic amines) is 2. The number of hydrogen-bond acceptors (Lipinski definition) is 3. The van der Waals surface area contributed by atoms with Crippen LogP contribution in [0.3, 0.4) is 0 Å². The molecule has 178 valence electrons. The van der Waals surface area contributed by atoms with Crippen LogP contribution in [0, 0.1) is 0 Å². The summed E-state index contributed by atoms with van der Waals surface area (Å²) in [6.45, 7) is 6.34. The van der Waals surface area contributed by atoms with Gasteiger partial charge in [0.25, 0.3) is 0 Å². The van der Waals surface area contributed by atoms with Crippen LogP contribution in [0.15, 0.2) is 54.6 Å². The molecule has 2 fully saturated rings. The summed E-state index contributed by atoms with van der Waals surface area (Å²) < 4.78 is 0. The molecule has 3 aromatic carbocycles. The van der Waals surface area contributed by atoms with Crippen LogP contribution in [0.1, 0.15) is 42.4 Å². The maximum Gasteiger partial charge on any atom is 0.0688 e. The molecular formula is C29H32Cl2N2O. The highest BCUT2D eigenvalue weighted by atomic mass is 35.5. The van der Waals surface area contributed by atoms with Crippen LogP contribution >= 0.6 is 23.2 Å². The third-order valence-electron chi connectivity index (χ3n) is 7.21. The van der Waals surface area contributed by atoms with Crippen molar-refractivity contribution in [1.82, 2.24) is 9.80 Å². The third kappa shape index (κ3) is 5.19. The second kappa shape index (κ2) is 10.8. The van der Waals surface area contributed by atoms with Crippen LogP contribution in [-0.2, 0) is 19.7 Å². The van der Waals surface area contributed by atoms with Crippen molar-refractivity contribution in [3.05, 3.63) is 81.3 Å². The van der Waals surface area contributed by atoms with E-state index in [-0.39, 0.29) is 6.61 Å². The topological polar surface area (TPSA) is 26.7 Å². The molecule has 0 aromatic heterocycles. The van der Waals surface area contributed by atoms with Gasteiger partial charge >= 0.3 is 0 Å². The first-order chi connectivity index (χ1) is 16.6. The fourth-order valence-corrected chi connectivity index (χ4v) is 5.83. The van der Waals surface area contributed by atoms with Gasteiger partial charge in [-0.25, -0.2) is 0 Å². The number of nitrogens with zero attached hydrogens (tertiary/aromatic N) is 2. The minimum atomic E-state index is -0.0307. The highest BCUT2D eigenvalue weighted by Gasteiger charge is 2.18. The number of rotatable bonds is 7. The van der Waals surface area contributed by atoms with E-state index in [1.54, 1.807) is 0 Å². The Balaban J connectivity index is 1.48. The predicted octanol–water partition coefficient (Wildman–Crippen LogP) is 7.01. The highest BCUT2D eigenvalue weighted by Crippen LogP contribution is 2.38. The summed E-state index contributed by atoms with van der Waals surface area (Å²) in [5, 5.41) is 11.7. The molecule has 0 bridgehead atoms. The van der Waals surface area contributed by atoms with Crippen molar-refractivity contribution in [2.75, 3.05) is 26.2 Å². The van der Waals surface area contributed by atoms with Crippen LogP contribution in [-0.4, -0.2) is 41.1 Å². The summed E-state index contributed by atoms with van der Waals surface area (Å²) >= 11 is 13.5. The van der Waals surface area contributed by atoms with Crippen LogP contribution in [0.25, 0.3) is 22.3 Å². The van der Waals surface area contributed by atoms with Crippen LogP contribution in [0.5, 0.6) is 0 Å².